The fourth-order valence-electron chi connectivity index (χ4n) is 2.07. The molecule has 9 heteroatoms. The number of benzene rings is 2. The molecule has 0 aliphatic rings. The largest absolute Gasteiger partial charge is 0.357 e. The standard InChI is InChI=1S/C15H18N4O4S/c1-10-6-7-12(19-24(21,22)23)8-14(10)18-15(20)17-13-5-3-2-4-11(13)9-16/h2-8,19H,9,16H2,1H3,(H2,17,18,20)(H,21,22,23). The molecule has 2 aromatic carbocycles. The summed E-state index contributed by atoms with van der Waals surface area (Å²) in [4.78, 5) is 12.1. The monoisotopic (exact) mass is 350 g/mol. The Morgan fingerprint density at radius 2 is 1.79 bits per heavy atom. The van der Waals surface area contributed by atoms with Gasteiger partial charge in [0.1, 0.15) is 0 Å². The SMILES string of the molecule is Cc1ccc(NS(=O)(=O)O)cc1NC(=O)Nc1ccccc1CN. The van der Waals surface area contributed by atoms with Gasteiger partial charge in [-0.15, -0.1) is 0 Å². The van der Waals surface area contributed by atoms with Gasteiger partial charge in [0.25, 0.3) is 0 Å². The van der Waals surface area contributed by atoms with Crippen LogP contribution in [-0.2, 0) is 16.8 Å². The molecule has 24 heavy (non-hydrogen) atoms. The summed E-state index contributed by atoms with van der Waals surface area (Å²) in [5, 5.41) is 5.32. The number of carbonyl (C=O) groups is 1. The minimum Gasteiger partial charge on any atom is -0.326 e. The Balaban J connectivity index is 2.15. The van der Waals surface area contributed by atoms with Crippen molar-refractivity contribution in [1.82, 2.24) is 0 Å². The topological polar surface area (TPSA) is 134 Å². The normalized spacial score (nSPS) is 11.0. The molecule has 8 nitrogen and oxygen atoms in total. The van der Waals surface area contributed by atoms with E-state index < -0.39 is 16.3 Å². The van der Waals surface area contributed by atoms with Crippen LogP contribution in [-0.4, -0.2) is 19.0 Å². The lowest BCUT2D eigenvalue weighted by Crippen LogP contribution is -2.21. The van der Waals surface area contributed by atoms with Crippen LogP contribution in [0.15, 0.2) is 42.5 Å². The number of aryl methyl sites for hydroxylation is 1. The summed E-state index contributed by atoms with van der Waals surface area (Å²) in [5.74, 6) is 0. The number of hydrogen-bond acceptors (Lipinski definition) is 4. The number of hydrogen-bond donors (Lipinski definition) is 5. The molecule has 0 aromatic heterocycles. The molecule has 0 spiro atoms. The third-order valence-electron chi connectivity index (χ3n) is 3.22. The highest BCUT2D eigenvalue weighted by Crippen LogP contribution is 2.22. The van der Waals surface area contributed by atoms with Gasteiger partial charge >= 0.3 is 16.3 Å². The minimum atomic E-state index is -4.39. The van der Waals surface area contributed by atoms with Crippen molar-refractivity contribution in [2.24, 2.45) is 5.73 Å². The van der Waals surface area contributed by atoms with Gasteiger partial charge in [-0.25, -0.2) is 4.79 Å². The van der Waals surface area contributed by atoms with E-state index in [0.717, 1.165) is 11.1 Å². The molecule has 0 unspecified atom stereocenters. The Labute approximate surface area is 139 Å². The van der Waals surface area contributed by atoms with Crippen LogP contribution in [0.3, 0.4) is 0 Å². The predicted molar refractivity (Wildman–Crippen MR) is 93.3 cm³/mol. The van der Waals surface area contributed by atoms with Crippen molar-refractivity contribution in [1.29, 1.82) is 0 Å². The average molecular weight is 350 g/mol. The van der Waals surface area contributed by atoms with Crippen molar-refractivity contribution in [3.05, 3.63) is 53.6 Å². The van der Waals surface area contributed by atoms with Crippen molar-refractivity contribution in [3.8, 4) is 0 Å². The smallest absolute Gasteiger partial charge is 0.326 e. The first-order chi connectivity index (χ1) is 11.3. The summed E-state index contributed by atoms with van der Waals surface area (Å²) >= 11 is 0. The first-order valence-electron chi connectivity index (χ1n) is 7.00. The molecule has 0 saturated carbocycles. The van der Waals surface area contributed by atoms with Gasteiger partial charge in [-0.2, -0.15) is 8.42 Å². The zero-order valence-electron chi connectivity index (χ0n) is 12.9. The molecule has 0 atom stereocenters. The number of rotatable bonds is 5. The molecular formula is C15H18N4O4S. The summed E-state index contributed by atoms with van der Waals surface area (Å²) in [6.07, 6.45) is 0. The number of para-hydroxylation sites is 1. The highest BCUT2D eigenvalue weighted by molar-refractivity contribution is 7.87. The van der Waals surface area contributed by atoms with Crippen molar-refractivity contribution in [2.75, 3.05) is 15.4 Å². The first-order valence-corrected chi connectivity index (χ1v) is 8.44. The lowest BCUT2D eigenvalue weighted by Gasteiger charge is -2.13. The molecule has 0 bridgehead atoms. The van der Waals surface area contributed by atoms with Gasteiger partial charge in [-0.05, 0) is 36.2 Å². The summed E-state index contributed by atoms with van der Waals surface area (Å²) in [6, 6.07) is 11.1. The molecule has 0 aliphatic carbocycles. The third kappa shape index (κ3) is 4.95. The van der Waals surface area contributed by atoms with E-state index in [1.165, 1.54) is 12.1 Å². The molecular weight excluding hydrogens is 332 g/mol. The Kier molecular flexibility index (Phi) is 5.39. The van der Waals surface area contributed by atoms with E-state index in [4.69, 9.17) is 10.3 Å². The van der Waals surface area contributed by atoms with Crippen LogP contribution in [0.5, 0.6) is 0 Å². The fraction of sp³-hybridized carbons (Fsp3) is 0.133. The van der Waals surface area contributed by atoms with Gasteiger partial charge in [0.15, 0.2) is 0 Å². The fourth-order valence-corrected chi connectivity index (χ4v) is 2.49. The van der Waals surface area contributed by atoms with Gasteiger partial charge in [-0.3, -0.25) is 9.27 Å². The van der Waals surface area contributed by atoms with E-state index in [1.807, 2.05) is 10.8 Å². The number of anilines is 3. The maximum absolute atomic E-state index is 12.1. The Morgan fingerprint density at radius 1 is 1.12 bits per heavy atom. The van der Waals surface area contributed by atoms with Crippen LogP contribution >= 0.6 is 0 Å². The minimum absolute atomic E-state index is 0.126. The van der Waals surface area contributed by atoms with E-state index in [-0.39, 0.29) is 12.2 Å². The molecule has 2 aromatic rings. The lowest BCUT2D eigenvalue weighted by atomic mass is 10.1. The number of nitrogens with one attached hydrogen (secondary N) is 3. The van der Waals surface area contributed by atoms with Gasteiger partial charge in [-0.1, -0.05) is 24.3 Å². The quantitative estimate of drug-likeness (QED) is 0.528. The molecule has 128 valence electrons. The maximum atomic E-state index is 12.1. The Bertz CT molecular complexity index is 852. The summed E-state index contributed by atoms with van der Waals surface area (Å²) < 4.78 is 32.5. The molecule has 0 saturated heterocycles. The second-order valence-corrected chi connectivity index (χ2v) is 6.20. The molecule has 0 radical (unpaired) electrons. The third-order valence-corrected chi connectivity index (χ3v) is 3.71. The number of nitrogens with two attached hydrogens (primary N) is 1. The van der Waals surface area contributed by atoms with Gasteiger partial charge < -0.3 is 16.4 Å². The van der Waals surface area contributed by atoms with Crippen LogP contribution in [0.4, 0.5) is 21.9 Å². The van der Waals surface area contributed by atoms with E-state index in [1.54, 1.807) is 31.2 Å². The molecule has 0 fully saturated rings. The van der Waals surface area contributed by atoms with Crippen molar-refractivity contribution in [3.63, 3.8) is 0 Å². The number of amides is 2. The highest BCUT2D eigenvalue weighted by Gasteiger charge is 2.10. The molecule has 0 heterocycles. The van der Waals surface area contributed by atoms with Crippen LogP contribution in [0.1, 0.15) is 11.1 Å². The van der Waals surface area contributed by atoms with Crippen LogP contribution in [0.2, 0.25) is 0 Å². The van der Waals surface area contributed by atoms with Gasteiger partial charge in [0, 0.05) is 17.9 Å². The molecule has 2 amide bonds. The molecule has 6 N–H and O–H groups in total. The predicted octanol–water partition coefficient (Wildman–Crippen LogP) is 2.31. The maximum Gasteiger partial charge on any atom is 0.357 e. The van der Waals surface area contributed by atoms with E-state index in [9.17, 15) is 13.2 Å². The van der Waals surface area contributed by atoms with Crippen LogP contribution in [0, 0.1) is 6.92 Å². The number of carbonyl (C=O) groups excluding carboxylic acids is 1. The van der Waals surface area contributed by atoms with Gasteiger partial charge in [0.2, 0.25) is 0 Å². The summed E-state index contributed by atoms with van der Waals surface area (Å²) in [6.45, 7) is 2.03. The van der Waals surface area contributed by atoms with Crippen molar-refractivity contribution >= 4 is 33.4 Å². The van der Waals surface area contributed by atoms with Crippen LogP contribution < -0.4 is 21.1 Å². The zero-order valence-corrected chi connectivity index (χ0v) is 13.7. The second-order valence-electron chi connectivity index (χ2n) is 5.05. The van der Waals surface area contributed by atoms with Gasteiger partial charge in [0.05, 0.1) is 5.69 Å². The van der Waals surface area contributed by atoms with E-state index >= 15 is 0 Å². The van der Waals surface area contributed by atoms with Crippen LogP contribution in [0.25, 0.3) is 0 Å². The van der Waals surface area contributed by atoms with Crippen molar-refractivity contribution < 1.29 is 17.8 Å². The zero-order chi connectivity index (χ0) is 17.7. The summed E-state index contributed by atoms with van der Waals surface area (Å²) in [5.41, 5.74) is 8.23. The van der Waals surface area contributed by atoms with E-state index in [0.29, 0.717) is 11.4 Å². The summed E-state index contributed by atoms with van der Waals surface area (Å²) in [7, 11) is -4.39. The second kappa shape index (κ2) is 7.30. The van der Waals surface area contributed by atoms with Crippen molar-refractivity contribution in [2.45, 2.75) is 13.5 Å². The Morgan fingerprint density at radius 3 is 2.46 bits per heavy atom. The molecule has 2 rings (SSSR count). The lowest BCUT2D eigenvalue weighted by molar-refractivity contribution is 0.262. The number of urea groups is 1. The highest BCUT2D eigenvalue weighted by atomic mass is 32.2. The average Bonchev–Trinajstić information content (AvgIpc) is 2.49. The molecule has 0 aliphatic heterocycles. The Hall–Kier alpha value is -2.62. The van der Waals surface area contributed by atoms with E-state index in [2.05, 4.69) is 10.6 Å². The first kappa shape index (κ1) is 17.7.